The zero-order chi connectivity index (χ0) is 13.1. The number of carboxylic acid groups (broad SMARTS) is 1. The van der Waals surface area contributed by atoms with E-state index in [4.69, 9.17) is 15.6 Å². The summed E-state index contributed by atoms with van der Waals surface area (Å²) in [4.78, 5) is 14.9. The molecule has 0 radical (unpaired) electrons. The van der Waals surface area contributed by atoms with Crippen molar-refractivity contribution in [3.8, 4) is 0 Å². The number of nitrogens with two attached hydrogens (primary N) is 1. The average molecular weight is 239 g/mol. The van der Waals surface area contributed by atoms with Crippen LogP contribution >= 0.6 is 0 Å². The second kappa shape index (κ2) is 5.01. The van der Waals surface area contributed by atoms with Gasteiger partial charge in [0.05, 0.1) is 29.6 Å². The van der Waals surface area contributed by atoms with Crippen molar-refractivity contribution in [3.63, 3.8) is 0 Å². The Morgan fingerprint density at radius 1 is 1.65 bits per heavy atom. The minimum atomic E-state index is -1.07. The number of anilines is 2. The Kier molecular flexibility index (Phi) is 3.90. The number of carboxylic acids is 1. The smallest absolute Gasteiger partial charge is 0.337 e. The summed E-state index contributed by atoms with van der Waals surface area (Å²) < 4.78 is 5.05. The van der Waals surface area contributed by atoms with E-state index in [-0.39, 0.29) is 16.8 Å². The van der Waals surface area contributed by atoms with Gasteiger partial charge in [-0.3, -0.25) is 0 Å². The fraction of sp³-hybridized carbons (Fsp3) is 0.455. The van der Waals surface area contributed by atoms with E-state index in [2.05, 4.69) is 10.3 Å². The quantitative estimate of drug-likeness (QED) is 0.714. The molecule has 0 saturated heterocycles. The summed E-state index contributed by atoms with van der Waals surface area (Å²) in [6.45, 7) is 4.32. The first-order chi connectivity index (χ1) is 7.85. The largest absolute Gasteiger partial charge is 0.478 e. The highest BCUT2D eigenvalue weighted by Gasteiger charge is 2.19. The fourth-order valence-corrected chi connectivity index (χ4v) is 1.46. The number of nitrogen functional groups attached to an aromatic ring is 1. The van der Waals surface area contributed by atoms with E-state index in [9.17, 15) is 4.79 Å². The molecule has 0 aliphatic heterocycles. The zero-order valence-electron chi connectivity index (χ0n) is 10.2. The molecule has 1 aromatic rings. The van der Waals surface area contributed by atoms with Crippen LogP contribution in [0.15, 0.2) is 12.3 Å². The predicted molar refractivity (Wildman–Crippen MR) is 65.2 cm³/mol. The van der Waals surface area contributed by atoms with Gasteiger partial charge in [0.2, 0.25) is 0 Å². The van der Waals surface area contributed by atoms with E-state index < -0.39 is 5.97 Å². The van der Waals surface area contributed by atoms with Crippen molar-refractivity contribution in [3.05, 3.63) is 17.8 Å². The number of hydrogen-bond acceptors (Lipinski definition) is 5. The summed E-state index contributed by atoms with van der Waals surface area (Å²) in [7, 11) is 1.60. The number of carbonyl (C=O) groups is 1. The van der Waals surface area contributed by atoms with Gasteiger partial charge in [0.1, 0.15) is 5.82 Å². The van der Waals surface area contributed by atoms with E-state index in [0.717, 1.165) is 0 Å². The second-order valence-electron chi connectivity index (χ2n) is 4.40. The lowest BCUT2D eigenvalue weighted by atomic mass is 10.1. The molecule has 17 heavy (non-hydrogen) atoms. The summed E-state index contributed by atoms with van der Waals surface area (Å²) in [6, 6.07) is 1.41. The van der Waals surface area contributed by atoms with Crippen molar-refractivity contribution in [2.75, 3.05) is 24.8 Å². The van der Waals surface area contributed by atoms with Gasteiger partial charge in [0.25, 0.3) is 0 Å². The maximum absolute atomic E-state index is 10.9. The number of aromatic carboxylic acids is 1. The van der Waals surface area contributed by atoms with Crippen molar-refractivity contribution >= 4 is 17.5 Å². The maximum Gasteiger partial charge on any atom is 0.337 e. The van der Waals surface area contributed by atoms with Crippen LogP contribution in [0.2, 0.25) is 0 Å². The van der Waals surface area contributed by atoms with Gasteiger partial charge in [-0.1, -0.05) is 0 Å². The second-order valence-corrected chi connectivity index (χ2v) is 4.40. The molecular weight excluding hydrogens is 222 g/mol. The number of rotatable bonds is 5. The van der Waals surface area contributed by atoms with Gasteiger partial charge in [0.15, 0.2) is 0 Å². The molecule has 0 spiro atoms. The maximum atomic E-state index is 10.9. The van der Waals surface area contributed by atoms with Crippen LogP contribution < -0.4 is 11.1 Å². The molecule has 94 valence electrons. The van der Waals surface area contributed by atoms with Crippen LogP contribution in [0, 0.1) is 0 Å². The van der Waals surface area contributed by atoms with E-state index in [1.807, 2.05) is 13.8 Å². The first-order valence-electron chi connectivity index (χ1n) is 5.11. The Morgan fingerprint density at radius 2 is 2.29 bits per heavy atom. The third-order valence-electron chi connectivity index (χ3n) is 2.14. The number of nitrogens with zero attached hydrogens (tertiary/aromatic N) is 1. The first-order valence-corrected chi connectivity index (χ1v) is 5.11. The van der Waals surface area contributed by atoms with Crippen LogP contribution in [0.3, 0.4) is 0 Å². The summed E-state index contributed by atoms with van der Waals surface area (Å²) in [6.07, 6.45) is 1.33. The van der Waals surface area contributed by atoms with Gasteiger partial charge in [-0.15, -0.1) is 0 Å². The van der Waals surface area contributed by atoms with Gasteiger partial charge >= 0.3 is 5.97 Å². The fourth-order valence-electron chi connectivity index (χ4n) is 1.46. The molecule has 0 bridgehead atoms. The van der Waals surface area contributed by atoms with Crippen molar-refractivity contribution < 1.29 is 14.6 Å². The lowest BCUT2D eigenvalue weighted by Crippen LogP contribution is -2.36. The van der Waals surface area contributed by atoms with E-state index in [0.29, 0.717) is 12.4 Å². The van der Waals surface area contributed by atoms with Crippen molar-refractivity contribution in [2.45, 2.75) is 19.4 Å². The minimum absolute atomic E-state index is 0.0377. The Balaban J connectivity index is 2.93. The van der Waals surface area contributed by atoms with Gasteiger partial charge in [-0.05, 0) is 19.9 Å². The van der Waals surface area contributed by atoms with Crippen molar-refractivity contribution in [1.82, 2.24) is 4.98 Å². The summed E-state index contributed by atoms with van der Waals surface area (Å²) in [5.41, 5.74) is 5.36. The summed E-state index contributed by atoms with van der Waals surface area (Å²) in [5, 5.41) is 12.0. The third kappa shape index (κ3) is 3.60. The highest BCUT2D eigenvalue weighted by Crippen LogP contribution is 2.18. The van der Waals surface area contributed by atoms with E-state index in [1.54, 1.807) is 7.11 Å². The Bertz CT molecular complexity index is 418. The number of ether oxygens (including phenoxy) is 1. The highest BCUT2D eigenvalue weighted by atomic mass is 16.5. The molecule has 4 N–H and O–H groups in total. The van der Waals surface area contributed by atoms with Gasteiger partial charge in [0, 0.05) is 7.11 Å². The molecule has 0 aliphatic carbocycles. The molecule has 0 aliphatic rings. The molecule has 0 saturated carbocycles. The van der Waals surface area contributed by atoms with E-state index in [1.165, 1.54) is 12.3 Å². The lowest BCUT2D eigenvalue weighted by Gasteiger charge is -2.26. The molecule has 0 unspecified atom stereocenters. The van der Waals surface area contributed by atoms with Crippen LogP contribution in [-0.2, 0) is 4.74 Å². The molecule has 1 rings (SSSR count). The predicted octanol–water partition coefficient (Wildman–Crippen LogP) is 1.20. The van der Waals surface area contributed by atoms with Crippen LogP contribution in [0.4, 0.5) is 11.5 Å². The Morgan fingerprint density at radius 3 is 2.82 bits per heavy atom. The van der Waals surface area contributed by atoms with Gasteiger partial charge in [-0.2, -0.15) is 0 Å². The van der Waals surface area contributed by atoms with Crippen LogP contribution in [0.5, 0.6) is 0 Å². The lowest BCUT2D eigenvalue weighted by molar-refractivity contribution is 0.0698. The number of aromatic nitrogens is 1. The van der Waals surface area contributed by atoms with Crippen LogP contribution in [-0.4, -0.2) is 35.3 Å². The molecule has 1 heterocycles. The van der Waals surface area contributed by atoms with Crippen LogP contribution in [0.1, 0.15) is 24.2 Å². The average Bonchev–Trinajstić information content (AvgIpc) is 2.20. The van der Waals surface area contributed by atoms with E-state index >= 15 is 0 Å². The number of pyridine rings is 1. The number of methoxy groups -OCH3 is 1. The topological polar surface area (TPSA) is 97.5 Å². The molecule has 6 heteroatoms. The molecule has 0 aromatic carbocycles. The molecule has 0 fully saturated rings. The standard InChI is InChI=1S/C11H17N3O3/c1-11(2,6-17-3)14-9-4-7(10(15)16)8(12)5-13-9/h4-5H,6,12H2,1-3H3,(H,13,14)(H,15,16). The van der Waals surface area contributed by atoms with Crippen molar-refractivity contribution in [1.29, 1.82) is 0 Å². The molecule has 0 amide bonds. The van der Waals surface area contributed by atoms with Gasteiger partial charge in [-0.25, -0.2) is 9.78 Å². The summed E-state index contributed by atoms with van der Waals surface area (Å²) >= 11 is 0. The van der Waals surface area contributed by atoms with Crippen molar-refractivity contribution in [2.24, 2.45) is 0 Å². The first kappa shape index (κ1) is 13.2. The minimum Gasteiger partial charge on any atom is -0.478 e. The normalized spacial score (nSPS) is 11.2. The number of hydrogen-bond donors (Lipinski definition) is 3. The number of nitrogens with one attached hydrogen (secondary N) is 1. The molecular formula is C11H17N3O3. The third-order valence-corrected chi connectivity index (χ3v) is 2.14. The molecule has 6 nitrogen and oxygen atoms in total. The SMILES string of the molecule is COCC(C)(C)Nc1cc(C(=O)O)c(N)cn1. The highest BCUT2D eigenvalue weighted by molar-refractivity contribution is 5.94. The zero-order valence-corrected chi connectivity index (χ0v) is 10.2. The Labute approximate surface area is 99.8 Å². The van der Waals surface area contributed by atoms with Gasteiger partial charge < -0.3 is 20.9 Å². The molecule has 1 aromatic heterocycles. The summed E-state index contributed by atoms with van der Waals surface area (Å²) in [5.74, 6) is -0.615. The Hall–Kier alpha value is -1.82. The monoisotopic (exact) mass is 239 g/mol. The molecule has 0 atom stereocenters. The van der Waals surface area contributed by atoms with Crippen LogP contribution in [0.25, 0.3) is 0 Å².